The molecule has 2 heteroatoms. The number of rotatable bonds is 0. The van der Waals surface area contributed by atoms with Crippen molar-refractivity contribution in [2.75, 3.05) is 0 Å². The van der Waals surface area contributed by atoms with Gasteiger partial charge in [0.15, 0.2) is 5.78 Å². The van der Waals surface area contributed by atoms with Crippen molar-refractivity contribution in [1.82, 2.24) is 0 Å². The molecule has 0 radical (unpaired) electrons. The zero-order valence-corrected chi connectivity index (χ0v) is 6.02. The van der Waals surface area contributed by atoms with E-state index in [1.165, 1.54) is 0 Å². The first-order valence-electron chi connectivity index (χ1n) is 2.64. The summed E-state index contributed by atoms with van der Waals surface area (Å²) >= 11 is 3.38. The van der Waals surface area contributed by atoms with Gasteiger partial charge >= 0.3 is 0 Å². The zero-order chi connectivity index (χ0) is 5.98. The summed E-state index contributed by atoms with van der Waals surface area (Å²) in [4.78, 5) is 10.9. The number of carbonyl (C=O) groups is 1. The van der Waals surface area contributed by atoms with E-state index in [4.69, 9.17) is 0 Å². The summed E-state index contributed by atoms with van der Waals surface area (Å²) in [5.74, 6) is 0.251. The van der Waals surface area contributed by atoms with Gasteiger partial charge < -0.3 is 0 Å². The minimum Gasteiger partial charge on any atom is -0.295 e. The summed E-state index contributed by atoms with van der Waals surface area (Å²) in [6.45, 7) is 0. The maximum atomic E-state index is 10.5. The summed E-state index contributed by atoms with van der Waals surface area (Å²) < 4.78 is 0. The quantitative estimate of drug-likeness (QED) is 0.511. The van der Waals surface area contributed by atoms with E-state index in [9.17, 15) is 4.79 Å². The summed E-state index contributed by atoms with van der Waals surface area (Å²) in [6.07, 6.45) is 5.19. The fourth-order valence-corrected chi connectivity index (χ4v) is 1.05. The Balaban J connectivity index is 2.55. The van der Waals surface area contributed by atoms with E-state index in [2.05, 4.69) is 15.9 Å². The number of alkyl halides is 1. The molecule has 0 aromatic heterocycles. The summed E-state index contributed by atoms with van der Waals surface area (Å²) in [7, 11) is 0. The summed E-state index contributed by atoms with van der Waals surface area (Å²) in [6, 6.07) is 0. The first kappa shape index (κ1) is 6.02. The van der Waals surface area contributed by atoms with Crippen LogP contribution in [0.5, 0.6) is 0 Å². The fourth-order valence-electron chi connectivity index (χ4n) is 0.671. The molecule has 1 aliphatic carbocycles. The lowest BCUT2D eigenvalue weighted by Crippen LogP contribution is -2.05. The minimum atomic E-state index is 0.251. The molecule has 0 amide bonds. The number of hydrogen-bond donors (Lipinski definition) is 0. The van der Waals surface area contributed by atoms with Crippen molar-refractivity contribution in [2.24, 2.45) is 0 Å². The van der Waals surface area contributed by atoms with Gasteiger partial charge in [0.25, 0.3) is 0 Å². The minimum absolute atomic E-state index is 0.251. The molecule has 8 heavy (non-hydrogen) atoms. The molecule has 0 N–H and O–H groups in total. The second-order valence-corrected chi connectivity index (χ2v) is 3.06. The number of allylic oxidation sites excluding steroid dienone is 2. The van der Waals surface area contributed by atoms with Crippen molar-refractivity contribution in [1.29, 1.82) is 0 Å². The zero-order valence-electron chi connectivity index (χ0n) is 4.43. The molecule has 0 aromatic rings. The van der Waals surface area contributed by atoms with Gasteiger partial charge in [-0.05, 0) is 12.5 Å². The molecule has 1 unspecified atom stereocenters. The number of hydrogen-bond acceptors (Lipinski definition) is 1. The summed E-state index contributed by atoms with van der Waals surface area (Å²) in [5.41, 5.74) is 0. The molecule has 0 heterocycles. The van der Waals surface area contributed by atoms with Crippen molar-refractivity contribution in [3.63, 3.8) is 0 Å². The molecule has 0 saturated heterocycles. The Morgan fingerprint density at radius 1 is 1.75 bits per heavy atom. The van der Waals surface area contributed by atoms with E-state index < -0.39 is 0 Å². The van der Waals surface area contributed by atoms with Gasteiger partial charge in [-0.2, -0.15) is 0 Å². The highest BCUT2D eigenvalue weighted by molar-refractivity contribution is 9.09. The van der Waals surface area contributed by atoms with Crippen molar-refractivity contribution in [3.05, 3.63) is 12.2 Å². The molecular weight excluding hydrogens is 168 g/mol. The number of halogens is 1. The van der Waals surface area contributed by atoms with Gasteiger partial charge in [0, 0.05) is 11.2 Å². The monoisotopic (exact) mass is 174 g/mol. The first-order chi connectivity index (χ1) is 3.79. The van der Waals surface area contributed by atoms with Crippen LogP contribution in [0.2, 0.25) is 0 Å². The molecule has 1 nitrogen and oxygen atoms in total. The highest BCUT2D eigenvalue weighted by Gasteiger charge is 2.07. The standard InChI is InChI=1S/C6H7BrO/c7-5-1-3-6(8)4-2-5/h1,3,5H,2,4H2. The van der Waals surface area contributed by atoms with Crippen molar-refractivity contribution in [2.45, 2.75) is 17.7 Å². The molecule has 0 saturated carbocycles. The largest absolute Gasteiger partial charge is 0.295 e. The smallest absolute Gasteiger partial charge is 0.155 e. The van der Waals surface area contributed by atoms with Crippen LogP contribution >= 0.6 is 15.9 Å². The van der Waals surface area contributed by atoms with Crippen molar-refractivity contribution >= 4 is 21.7 Å². The van der Waals surface area contributed by atoms with Crippen LogP contribution in [0.4, 0.5) is 0 Å². The van der Waals surface area contributed by atoms with Crippen molar-refractivity contribution in [3.8, 4) is 0 Å². The predicted molar refractivity (Wildman–Crippen MR) is 36.1 cm³/mol. The molecule has 0 spiro atoms. The van der Waals surface area contributed by atoms with Crippen LogP contribution in [-0.4, -0.2) is 10.6 Å². The summed E-state index contributed by atoms with van der Waals surface area (Å²) in [5, 5.41) is 0. The van der Waals surface area contributed by atoms with Gasteiger partial charge in [-0.3, -0.25) is 4.79 Å². The van der Waals surface area contributed by atoms with E-state index in [-0.39, 0.29) is 5.78 Å². The average molecular weight is 175 g/mol. The Kier molecular flexibility index (Phi) is 1.84. The Bertz CT molecular complexity index is 128. The molecule has 44 valence electrons. The third kappa shape index (κ3) is 1.44. The van der Waals surface area contributed by atoms with Crippen LogP contribution in [0, 0.1) is 0 Å². The topological polar surface area (TPSA) is 17.1 Å². The van der Waals surface area contributed by atoms with E-state index in [0.717, 1.165) is 6.42 Å². The Hall–Kier alpha value is -0.110. The number of carbonyl (C=O) groups excluding carboxylic acids is 1. The van der Waals surface area contributed by atoms with Gasteiger partial charge in [-0.1, -0.05) is 22.0 Å². The van der Waals surface area contributed by atoms with Crippen LogP contribution < -0.4 is 0 Å². The third-order valence-electron chi connectivity index (χ3n) is 1.16. The van der Waals surface area contributed by atoms with Crippen LogP contribution in [0.25, 0.3) is 0 Å². The molecule has 0 aromatic carbocycles. The second kappa shape index (κ2) is 2.44. The number of ketones is 1. The average Bonchev–Trinajstić information content (AvgIpc) is 1.77. The van der Waals surface area contributed by atoms with E-state index >= 15 is 0 Å². The molecule has 0 aliphatic heterocycles. The molecule has 1 aliphatic rings. The second-order valence-electron chi connectivity index (χ2n) is 1.88. The Labute approximate surface area is 56.9 Å². The van der Waals surface area contributed by atoms with Gasteiger partial charge in [-0.25, -0.2) is 0 Å². The van der Waals surface area contributed by atoms with Gasteiger partial charge in [0.2, 0.25) is 0 Å². The normalized spacial score (nSPS) is 28.6. The van der Waals surface area contributed by atoms with Gasteiger partial charge in [0.05, 0.1) is 0 Å². The predicted octanol–water partition coefficient (Wildman–Crippen LogP) is 1.67. The van der Waals surface area contributed by atoms with Crippen LogP contribution in [0.1, 0.15) is 12.8 Å². The molecule has 0 fully saturated rings. The fraction of sp³-hybridized carbons (Fsp3) is 0.500. The van der Waals surface area contributed by atoms with Crippen LogP contribution in [0.3, 0.4) is 0 Å². The van der Waals surface area contributed by atoms with E-state index in [1.54, 1.807) is 6.08 Å². The van der Waals surface area contributed by atoms with Crippen molar-refractivity contribution < 1.29 is 4.79 Å². The van der Waals surface area contributed by atoms with Crippen LogP contribution in [-0.2, 0) is 4.79 Å². The molecule has 0 bridgehead atoms. The molecule has 1 atom stereocenters. The first-order valence-corrected chi connectivity index (χ1v) is 3.56. The van der Waals surface area contributed by atoms with Gasteiger partial charge in [-0.15, -0.1) is 0 Å². The van der Waals surface area contributed by atoms with Crippen LogP contribution in [0.15, 0.2) is 12.2 Å². The lowest BCUT2D eigenvalue weighted by Gasteiger charge is -2.05. The van der Waals surface area contributed by atoms with Gasteiger partial charge in [0.1, 0.15) is 0 Å². The Morgan fingerprint density at radius 2 is 2.50 bits per heavy atom. The van der Waals surface area contributed by atoms with E-state index in [0.29, 0.717) is 11.2 Å². The Morgan fingerprint density at radius 3 is 2.88 bits per heavy atom. The van der Waals surface area contributed by atoms with E-state index in [1.807, 2.05) is 6.08 Å². The maximum absolute atomic E-state index is 10.5. The highest BCUT2D eigenvalue weighted by atomic mass is 79.9. The maximum Gasteiger partial charge on any atom is 0.155 e. The lowest BCUT2D eigenvalue weighted by molar-refractivity contribution is -0.114. The molecule has 1 rings (SSSR count). The molecular formula is C6H7BrO. The highest BCUT2D eigenvalue weighted by Crippen LogP contribution is 2.14. The SMILES string of the molecule is O=C1C=CC(Br)CC1. The third-order valence-corrected chi connectivity index (χ3v) is 1.92. The lowest BCUT2D eigenvalue weighted by atomic mass is 10.1.